The third-order valence-electron chi connectivity index (χ3n) is 5.40. The van der Waals surface area contributed by atoms with Crippen LogP contribution in [0, 0.1) is 5.92 Å². The highest BCUT2D eigenvalue weighted by molar-refractivity contribution is 5.95. The highest BCUT2D eigenvalue weighted by Crippen LogP contribution is 2.29. The number of hydrogen-bond acceptors (Lipinski definition) is 5. The van der Waals surface area contributed by atoms with Crippen LogP contribution in [0.5, 0.6) is 0 Å². The fourth-order valence-corrected chi connectivity index (χ4v) is 3.71. The molecule has 0 atom stereocenters. The SMILES string of the molecule is CCCN(CC1CC1)C(=O)COC(=O)c1ccc2c(=O)n3c(nc2c1)CCC3. The summed E-state index contributed by atoms with van der Waals surface area (Å²) in [6.45, 7) is 3.89. The van der Waals surface area contributed by atoms with E-state index in [1.54, 1.807) is 27.7 Å². The molecule has 4 rings (SSSR count). The zero-order chi connectivity index (χ0) is 19.7. The lowest BCUT2D eigenvalue weighted by Gasteiger charge is -2.21. The van der Waals surface area contributed by atoms with E-state index in [1.165, 1.54) is 12.8 Å². The fourth-order valence-electron chi connectivity index (χ4n) is 3.71. The summed E-state index contributed by atoms with van der Waals surface area (Å²) in [5, 5.41) is 0.497. The minimum Gasteiger partial charge on any atom is -0.452 e. The number of aromatic nitrogens is 2. The molecule has 2 heterocycles. The molecule has 1 aromatic carbocycles. The Morgan fingerprint density at radius 3 is 2.89 bits per heavy atom. The summed E-state index contributed by atoms with van der Waals surface area (Å²) in [7, 11) is 0. The molecule has 1 aliphatic carbocycles. The lowest BCUT2D eigenvalue weighted by atomic mass is 10.1. The van der Waals surface area contributed by atoms with E-state index < -0.39 is 5.97 Å². The maximum atomic E-state index is 12.5. The van der Waals surface area contributed by atoms with Gasteiger partial charge >= 0.3 is 5.97 Å². The molecular formula is C21H25N3O4. The van der Waals surface area contributed by atoms with Gasteiger partial charge in [-0.1, -0.05) is 6.92 Å². The molecule has 0 unspecified atom stereocenters. The molecule has 1 saturated carbocycles. The van der Waals surface area contributed by atoms with Crippen molar-refractivity contribution in [3.8, 4) is 0 Å². The van der Waals surface area contributed by atoms with E-state index >= 15 is 0 Å². The number of fused-ring (bicyclic) bond motifs is 2. The van der Waals surface area contributed by atoms with Crippen LogP contribution in [-0.2, 0) is 22.5 Å². The van der Waals surface area contributed by atoms with Crippen LogP contribution in [0.2, 0.25) is 0 Å². The highest BCUT2D eigenvalue weighted by atomic mass is 16.5. The third-order valence-corrected chi connectivity index (χ3v) is 5.40. The van der Waals surface area contributed by atoms with Gasteiger partial charge in [0, 0.05) is 26.1 Å². The largest absolute Gasteiger partial charge is 0.452 e. The number of hydrogen-bond donors (Lipinski definition) is 0. The van der Waals surface area contributed by atoms with Crippen molar-refractivity contribution >= 4 is 22.8 Å². The van der Waals surface area contributed by atoms with E-state index in [2.05, 4.69) is 4.98 Å². The average Bonchev–Trinajstić information content (AvgIpc) is 3.39. The van der Waals surface area contributed by atoms with Gasteiger partial charge in [0.05, 0.1) is 16.5 Å². The van der Waals surface area contributed by atoms with Crippen LogP contribution in [0.1, 0.15) is 48.8 Å². The molecule has 7 heteroatoms. The Morgan fingerprint density at radius 2 is 2.14 bits per heavy atom. The number of esters is 1. The Labute approximate surface area is 163 Å². The van der Waals surface area contributed by atoms with E-state index in [0.29, 0.717) is 35.5 Å². The molecule has 0 bridgehead atoms. The lowest BCUT2D eigenvalue weighted by molar-refractivity contribution is -0.134. The number of carbonyl (C=O) groups excluding carboxylic acids is 2. The van der Waals surface area contributed by atoms with E-state index in [4.69, 9.17) is 4.74 Å². The summed E-state index contributed by atoms with van der Waals surface area (Å²) >= 11 is 0. The molecule has 0 spiro atoms. The second-order valence-electron chi connectivity index (χ2n) is 7.68. The maximum Gasteiger partial charge on any atom is 0.338 e. The second kappa shape index (κ2) is 7.73. The summed E-state index contributed by atoms with van der Waals surface area (Å²) in [5.74, 6) is 0.629. The predicted octanol–water partition coefficient (Wildman–Crippen LogP) is 2.15. The van der Waals surface area contributed by atoms with Gasteiger partial charge in [-0.3, -0.25) is 14.2 Å². The first-order chi connectivity index (χ1) is 13.6. The van der Waals surface area contributed by atoms with Gasteiger partial charge in [0.2, 0.25) is 0 Å². The quantitative estimate of drug-likeness (QED) is 0.685. The van der Waals surface area contributed by atoms with Crippen molar-refractivity contribution in [2.24, 2.45) is 5.92 Å². The van der Waals surface area contributed by atoms with Crippen LogP contribution in [0.25, 0.3) is 10.9 Å². The van der Waals surface area contributed by atoms with Gasteiger partial charge in [-0.2, -0.15) is 0 Å². The van der Waals surface area contributed by atoms with Crippen molar-refractivity contribution in [1.29, 1.82) is 0 Å². The van der Waals surface area contributed by atoms with Crippen LogP contribution < -0.4 is 5.56 Å². The van der Waals surface area contributed by atoms with Crippen molar-refractivity contribution in [3.05, 3.63) is 39.9 Å². The molecule has 2 aromatic rings. The summed E-state index contributed by atoms with van der Waals surface area (Å²) in [4.78, 5) is 43.7. The third kappa shape index (κ3) is 3.79. The smallest absolute Gasteiger partial charge is 0.338 e. The van der Waals surface area contributed by atoms with Crippen LogP contribution in [-0.4, -0.2) is 46.0 Å². The fraction of sp³-hybridized carbons (Fsp3) is 0.524. The van der Waals surface area contributed by atoms with Crippen LogP contribution >= 0.6 is 0 Å². The first-order valence-electron chi connectivity index (χ1n) is 10.0. The number of rotatable bonds is 7. The zero-order valence-electron chi connectivity index (χ0n) is 16.1. The number of benzene rings is 1. The lowest BCUT2D eigenvalue weighted by Crippen LogP contribution is -2.36. The van der Waals surface area contributed by atoms with Crippen molar-refractivity contribution in [2.45, 2.75) is 45.6 Å². The first kappa shape index (κ1) is 18.7. The van der Waals surface area contributed by atoms with E-state index in [-0.39, 0.29) is 18.1 Å². The average molecular weight is 383 g/mol. The van der Waals surface area contributed by atoms with Gasteiger partial charge in [0.25, 0.3) is 11.5 Å². The number of ether oxygens (including phenoxy) is 1. The van der Waals surface area contributed by atoms with Gasteiger partial charge in [-0.15, -0.1) is 0 Å². The van der Waals surface area contributed by atoms with Crippen molar-refractivity contribution in [1.82, 2.24) is 14.5 Å². The molecule has 2 aliphatic rings. The molecule has 0 saturated heterocycles. The Morgan fingerprint density at radius 1 is 1.32 bits per heavy atom. The van der Waals surface area contributed by atoms with Gasteiger partial charge in [0.1, 0.15) is 5.82 Å². The Kier molecular flexibility index (Phi) is 5.15. The van der Waals surface area contributed by atoms with Crippen molar-refractivity contribution < 1.29 is 14.3 Å². The first-order valence-corrected chi connectivity index (χ1v) is 10.0. The van der Waals surface area contributed by atoms with Gasteiger partial charge in [0.15, 0.2) is 6.61 Å². The van der Waals surface area contributed by atoms with E-state index in [1.807, 2.05) is 6.92 Å². The molecular weight excluding hydrogens is 358 g/mol. The van der Waals surface area contributed by atoms with Crippen molar-refractivity contribution in [2.75, 3.05) is 19.7 Å². The second-order valence-corrected chi connectivity index (χ2v) is 7.68. The molecule has 1 aliphatic heterocycles. The molecule has 7 nitrogen and oxygen atoms in total. The summed E-state index contributed by atoms with van der Waals surface area (Å²) in [6, 6.07) is 4.76. The molecule has 0 N–H and O–H groups in total. The summed E-state index contributed by atoms with van der Waals surface area (Å²) < 4.78 is 6.95. The minimum atomic E-state index is -0.569. The molecule has 148 valence electrons. The van der Waals surface area contributed by atoms with Crippen LogP contribution in [0.15, 0.2) is 23.0 Å². The molecule has 1 fully saturated rings. The monoisotopic (exact) mass is 383 g/mol. The number of nitrogens with zero attached hydrogens (tertiary/aromatic N) is 3. The number of amides is 1. The Balaban J connectivity index is 1.45. The summed E-state index contributed by atoms with van der Waals surface area (Å²) in [6.07, 6.45) is 4.89. The minimum absolute atomic E-state index is 0.0668. The Hall–Kier alpha value is -2.70. The predicted molar refractivity (Wildman–Crippen MR) is 104 cm³/mol. The standard InChI is InChI=1S/C21H25N3O4/c1-2-9-23(12-14-5-6-14)19(25)13-28-21(27)15-7-8-16-17(11-15)22-18-4-3-10-24(18)20(16)26/h7-8,11,14H,2-6,9-10,12-13H2,1H3. The zero-order valence-corrected chi connectivity index (χ0v) is 16.1. The van der Waals surface area contributed by atoms with Gasteiger partial charge in [-0.05, 0) is 49.8 Å². The number of carbonyl (C=O) groups is 2. The molecule has 1 aromatic heterocycles. The topological polar surface area (TPSA) is 81.5 Å². The highest BCUT2D eigenvalue weighted by Gasteiger charge is 2.27. The number of aryl methyl sites for hydroxylation is 1. The van der Waals surface area contributed by atoms with Gasteiger partial charge < -0.3 is 9.64 Å². The normalized spacial score (nSPS) is 15.5. The summed E-state index contributed by atoms with van der Waals surface area (Å²) in [5.41, 5.74) is 0.738. The van der Waals surface area contributed by atoms with Gasteiger partial charge in [-0.25, -0.2) is 9.78 Å². The van der Waals surface area contributed by atoms with Crippen molar-refractivity contribution in [3.63, 3.8) is 0 Å². The van der Waals surface area contributed by atoms with Crippen LogP contribution in [0.4, 0.5) is 0 Å². The van der Waals surface area contributed by atoms with E-state index in [9.17, 15) is 14.4 Å². The van der Waals surface area contributed by atoms with Crippen LogP contribution in [0.3, 0.4) is 0 Å². The molecule has 0 radical (unpaired) electrons. The molecule has 1 amide bonds. The maximum absolute atomic E-state index is 12.5. The van der Waals surface area contributed by atoms with E-state index in [0.717, 1.165) is 31.6 Å². The Bertz CT molecular complexity index is 978. The molecule has 28 heavy (non-hydrogen) atoms.